The standard InChI is InChI=1S/C18H14F8N4O2/c1-9-5-3-7-11(27-9)29-13(31)15(19,20)17(23,24)18(25,26)16(21,22)14(32)30-12-8-4-6-10(2)28-12/h3-8H,1-2H3,(H,27,29,31)(H,28,30,32). The molecule has 0 saturated heterocycles. The maximum atomic E-state index is 14.0. The summed E-state index contributed by atoms with van der Waals surface area (Å²) in [5.41, 5.74) is 0.271. The molecule has 0 fully saturated rings. The minimum Gasteiger partial charge on any atom is -0.305 e. The van der Waals surface area contributed by atoms with Crippen LogP contribution in [0, 0.1) is 13.8 Å². The number of carbonyl (C=O) groups is 2. The number of pyridine rings is 2. The number of amides is 2. The van der Waals surface area contributed by atoms with Crippen molar-refractivity contribution >= 4 is 23.5 Å². The molecule has 0 atom stereocenters. The normalized spacial score (nSPS) is 12.9. The Kier molecular flexibility index (Phi) is 6.48. The number of halogens is 8. The molecule has 0 radical (unpaired) electrons. The quantitative estimate of drug-likeness (QED) is 0.594. The van der Waals surface area contributed by atoms with Crippen molar-refractivity contribution in [1.29, 1.82) is 0 Å². The lowest BCUT2D eigenvalue weighted by Crippen LogP contribution is -2.67. The highest BCUT2D eigenvalue weighted by molar-refractivity contribution is 5.98. The van der Waals surface area contributed by atoms with E-state index in [0.29, 0.717) is 0 Å². The lowest BCUT2D eigenvalue weighted by Gasteiger charge is -2.35. The van der Waals surface area contributed by atoms with Crippen molar-refractivity contribution in [2.24, 2.45) is 0 Å². The number of aromatic nitrogens is 2. The van der Waals surface area contributed by atoms with Gasteiger partial charge in [0.1, 0.15) is 11.6 Å². The number of nitrogens with zero attached hydrogens (tertiary/aromatic N) is 2. The molecule has 2 N–H and O–H groups in total. The van der Waals surface area contributed by atoms with Crippen molar-refractivity contribution in [3.8, 4) is 0 Å². The average molecular weight is 470 g/mol. The van der Waals surface area contributed by atoms with Crippen LogP contribution in [0.2, 0.25) is 0 Å². The predicted molar refractivity (Wildman–Crippen MR) is 95.0 cm³/mol. The first-order chi connectivity index (χ1) is 14.5. The third kappa shape index (κ3) is 4.34. The van der Waals surface area contributed by atoms with Crippen molar-refractivity contribution < 1.29 is 44.7 Å². The number of aryl methyl sites for hydroxylation is 2. The van der Waals surface area contributed by atoms with Crippen LogP contribution in [0.5, 0.6) is 0 Å². The first-order valence-electron chi connectivity index (χ1n) is 8.55. The zero-order valence-corrected chi connectivity index (χ0v) is 16.2. The number of rotatable bonds is 7. The first-order valence-corrected chi connectivity index (χ1v) is 8.55. The van der Waals surface area contributed by atoms with E-state index in [9.17, 15) is 44.7 Å². The lowest BCUT2D eigenvalue weighted by molar-refractivity contribution is -0.345. The molecule has 2 aromatic rings. The average Bonchev–Trinajstić information content (AvgIpc) is 2.67. The van der Waals surface area contributed by atoms with Gasteiger partial charge in [-0.3, -0.25) is 9.59 Å². The van der Waals surface area contributed by atoms with Crippen LogP contribution in [0.1, 0.15) is 11.4 Å². The van der Waals surface area contributed by atoms with Gasteiger partial charge in [0.25, 0.3) is 0 Å². The topological polar surface area (TPSA) is 84.0 Å². The van der Waals surface area contributed by atoms with E-state index in [2.05, 4.69) is 9.97 Å². The summed E-state index contributed by atoms with van der Waals surface area (Å²) in [6.07, 6.45) is 0. The van der Waals surface area contributed by atoms with E-state index in [4.69, 9.17) is 0 Å². The Hall–Kier alpha value is -3.32. The summed E-state index contributed by atoms with van der Waals surface area (Å²) in [5, 5.41) is 2.32. The number of hydrogen-bond acceptors (Lipinski definition) is 4. The smallest absolute Gasteiger partial charge is 0.305 e. The number of alkyl halides is 8. The van der Waals surface area contributed by atoms with Gasteiger partial charge in [-0.2, -0.15) is 35.1 Å². The fraction of sp³-hybridized carbons (Fsp3) is 0.333. The second kappa shape index (κ2) is 8.31. The van der Waals surface area contributed by atoms with E-state index in [1.807, 2.05) is 0 Å². The van der Waals surface area contributed by atoms with Gasteiger partial charge in [0.05, 0.1) is 0 Å². The number of hydrogen-bond donors (Lipinski definition) is 2. The van der Waals surface area contributed by atoms with Crippen molar-refractivity contribution in [1.82, 2.24) is 9.97 Å². The predicted octanol–water partition coefficient (Wildman–Crippen LogP) is 4.21. The van der Waals surface area contributed by atoms with Crippen molar-refractivity contribution in [3.63, 3.8) is 0 Å². The van der Waals surface area contributed by atoms with Crippen LogP contribution in [0.3, 0.4) is 0 Å². The van der Waals surface area contributed by atoms with Gasteiger partial charge in [0.2, 0.25) is 0 Å². The Labute approximate surface area is 175 Å². The van der Waals surface area contributed by atoms with E-state index < -0.39 is 47.1 Å². The molecule has 14 heteroatoms. The highest BCUT2D eigenvalue weighted by atomic mass is 19.4. The molecule has 0 aromatic carbocycles. The monoisotopic (exact) mass is 470 g/mol. The summed E-state index contributed by atoms with van der Waals surface area (Å²) >= 11 is 0. The third-order valence-corrected chi connectivity index (χ3v) is 4.01. The van der Waals surface area contributed by atoms with E-state index in [1.165, 1.54) is 38.1 Å². The molecule has 32 heavy (non-hydrogen) atoms. The Morgan fingerprint density at radius 1 is 0.656 bits per heavy atom. The molecule has 0 spiro atoms. The van der Waals surface area contributed by atoms with E-state index in [-0.39, 0.29) is 11.4 Å². The van der Waals surface area contributed by atoms with Crippen molar-refractivity contribution in [2.45, 2.75) is 37.5 Å². The van der Waals surface area contributed by atoms with Gasteiger partial charge in [-0.1, -0.05) is 12.1 Å². The highest BCUT2D eigenvalue weighted by Crippen LogP contribution is 2.53. The Morgan fingerprint density at radius 3 is 1.25 bits per heavy atom. The second-order valence-corrected chi connectivity index (χ2v) is 6.53. The molecule has 6 nitrogen and oxygen atoms in total. The summed E-state index contributed by atoms with van der Waals surface area (Å²) < 4.78 is 112. The van der Waals surface area contributed by atoms with Gasteiger partial charge < -0.3 is 10.6 Å². The van der Waals surface area contributed by atoms with Gasteiger partial charge in [-0.25, -0.2) is 9.97 Å². The maximum Gasteiger partial charge on any atom is 0.393 e. The number of nitrogens with one attached hydrogen (secondary N) is 2. The molecule has 2 amide bonds. The molecule has 2 heterocycles. The molecule has 0 bridgehead atoms. The molecule has 0 aliphatic rings. The Bertz CT molecular complexity index is 948. The highest BCUT2D eigenvalue weighted by Gasteiger charge is 2.84. The molecule has 2 aromatic heterocycles. The summed E-state index contributed by atoms with van der Waals surface area (Å²) in [6.45, 7) is 2.66. The molecular weight excluding hydrogens is 456 g/mol. The number of carbonyl (C=O) groups excluding carboxylic acids is 2. The van der Waals surface area contributed by atoms with Crippen LogP contribution in [0.15, 0.2) is 36.4 Å². The van der Waals surface area contributed by atoms with Crippen molar-refractivity contribution in [3.05, 3.63) is 47.8 Å². The summed E-state index contributed by atoms with van der Waals surface area (Å²) in [6, 6.07) is 6.74. The zero-order chi connectivity index (χ0) is 24.5. The zero-order valence-electron chi connectivity index (χ0n) is 16.2. The first kappa shape index (κ1) is 24.9. The summed E-state index contributed by atoms with van der Waals surface area (Å²) in [4.78, 5) is 30.2. The van der Waals surface area contributed by atoms with Crippen LogP contribution < -0.4 is 10.6 Å². The third-order valence-electron chi connectivity index (χ3n) is 4.01. The molecule has 2 rings (SSSR count). The van der Waals surface area contributed by atoms with Gasteiger partial charge >= 0.3 is 35.5 Å². The fourth-order valence-corrected chi connectivity index (χ4v) is 2.29. The Morgan fingerprint density at radius 2 is 0.969 bits per heavy atom. The summed E-state index contributed by atoms with van der Waals surface area (Å²) in [7, 11) is 0. The Balaban J connectivity index is 2.33. The van der Waals surface area contributed by atoms with Gasteiger partial charge in [0, 0.05) is 11.4 Å². The minimum absolute atomic E-state index is 0.135. The van der Waals surface area contributed by atoms with E-state index >= 15 is 0 Å². The molecule has 174 valence electrons. The molecular formula is C18H14F8N4O2. The van der Waals surface area contributed by atoms with Gasteiger partial charge in [-0.05, 0) is 38.1 Å². The largest absolute Gasteiger partial charge is 0.393 e. The van der Waals surface area contributed by atoms with Crippen LogP contribution in [0.25, 0.3) is 0 Å². The lowest BCUT2D eigenvalue weighted by atomic mass is 9.97. The van der Waals surface area contributed by atoms with Gasteiger partial charge in [-0.15, -0.1) is 0 Å². The fourth-order valence-electron chi connectivity index (χ4n) is 2.29. The molecule has 0 aliphatic heterocycles. The van der Waals surface area contributed by atoms with Gasteiger partial charge in [0.15, 0.2) is 0 Å². The number of anilines is 2. The SMILES string of the molecule is Cc1cccc(NC(=O)C(F)(F)C(F)(F)C(F)(F)C(F)(F)C(=O)Nc2cccc(C)n2)n1. The molecule has 0 aliphatic carbocycles. The van der Waals surface area contributed by atoms with Crippen molar-refractivity contribution in [2.75, 3.05) is 10.6 Å². The van der Waals surface area contributed by atoms with Crippen LogP contribution >= 0.6 is 0 Å². The van der Waals surface area contributed by atoms with E-state index in [0.717, 1.165) is 22.8 Å². The minimum atomic E-state index is -6.99. The molecule has 0 saturated carbocycles. The maximum absolute atomic E-state index is 14.0. The second-order valence-electron chi connectivity index (χ2n) is 6.53. The van der Waals surface area contributed by atoms with Crippen LogP contribution in [-0.4, -0.2) is 45.5 Å². The van der Waals surface area contributed by atoms with E-state index in [1.54, 1.807) is 0 Å². The van der Waals surface area contributed by atoms with Crippen LogP contribution in [-0.2, 0) is 9.59 Å². The van der Waals surface area contributed by atoms with Crippen LogP contribution in [0.4, 0.5) is 46.8 Å². The summed E-state index contributed by atoms with van der Waals surface area (Å²) in [5.74, 6) is -34.2. The molecule has 0 unspecified atom stereocenters.